The molecule has 3 aromatic rings. The lowest BCUT2D eigenvalue weighted by Gasteiger charge is -2.34. The molecule has 0 unspecified atom stereocenters. The molecule has 2 aromatic carbocycles. The van der Waals surface area contributed by atoms with E-state index in [9.17, 15) is 14.0 Å². The van der Waals surface area contributed by atoms with Gasteiger partial charge in [-0.1, -0.05) is 36.4 Å². The van der Waals surface area contributed by atoms with E-state index in [0.717, 1.165) is 0 Å². The number of aromatic amines is 1. The Kier molecular flexibility index (Phi) is 4.68. The van der Waals surface area contributed by atoms with Crippen molar-refractivity contribution in [3.05, 3.63) is 76.0 Å². The molecule has 27 heavy (non-hydrogen) atoms. The zero-order valence-electron chi connectivity index (χ0n) is 14.7. The van der Waals surface area contributed by atoms with Gasteiger partial charge in [0.1, 0.15) is 5.82 Å². The third-order valence-corrected chi connectivity index (χ3v) is 4.91. The Labute approximate surface area is 155 Å². The molecule has 0 saturated carbocycles. The Hall–Kier alpha value is -3.06. The quantitative estimate of drug-likeness (QED) is 0.770. The number of rotatable bonds is 3. The second kappa shape index (κ2) is 7.28. The molecule has 7 heteroatoms. The van der Waals surface area contributed by atoms with E-state index in [4.69, 9.17) is 0 Å². The van der Waals surface area contributed by atoms with Gasteiger partial charge in [-0.25, -0.2) is 9.49 Å². The van der Waals surface area contributed by atoms with Crippen LogP contribution in [-0.2, 0) is 6.54 Å². The number of fused-ring (bicyclic) bond motifs is 1. The van der Waals surface area contributed by atoms with Crippen LogP contribution in [0.4, 0.5) is 4.39 Å². The molecule has 1 saturated heterocycles. The lowest BCUT2D eigenvalue weighted by atomic mass is 10.1. The molecule has 0 radical (unpaired) electrons. The summed E-state index contributed by atoms with van der Waals surface area (Å²) in [4.78, 5) is 28.7. The van der Waals surface area contributed by atoms with E-state index in [-0.39, 0.29) is 23.0 Å². The number of amides is 1. The van der Waals surface area contributed by atoms with Crippen LogP contribution in [0.15, 0.2) is 53.3 Å². The average molecular weight is 366 g/mol. The van der Waals surface area contributed by atoms with Crippen molar-refractivity contribution in [1.29, 1.82) is 0 Å². The number of halogens is 1. The van der Waals surface area contributed by atoms with Crippen LogP contribution in [0.5, 0.6) is 0 Å². The summed E-state index contributed by atoms with van der Waals surface area (Å²) in [7, 11) is 0. The number of hydrogen-bond donors (Lipinski definition) is 1. The molecule has 0 spiro atoms. The number of aromatic nitrogens is 2. The largest absolute Gasteiger partial charge is 0.335 e. The number of H-pyrrole nitrogens is 1. The van der Waals surface area contributed by atoms with E-state index in [1.807, 2.05) is 6.07 Å². The molecular weight excluding hydrogens is 347 g/mol. The maximum Gasteiger partial charge on any atom is 0.275 e. The molecule has 2 heterocycles. The predicted molar refractivity (Wildman–Crippen MR) is 99.9 cm³/mol. The van der Waals surface area contributed by atoms with Crippen LogP contribution in [0.25, 0.3) is 10.8 Å². The van der Waals surface area contributed by atoms with E-state index in [1.165, 1.54) is 6.07 Å². The van der Waals surface area contributed by atoms with Gasteiger partial charge in [0.15, 0.2) is 5.69 Å². The van der Waals surface area contributed by atoms with Gasteiger partial charge in [0, 0.05) is 43.7 Å². The second-order valence-corrected chi connectivity index (χ2v) is 6.61. The SMILES string of the molecule is O=C(c1n[nH]c(=O)c2ccccc12)N1CCN(Cc2ccccc2F)CC1. The number of hydrogen-bond acceptors (Lipinski definition) is 4. The molecule has 1 fully saturated rings. The summed E-state index contributed by atoms with van der Waals surface area (Å²) in [5, 5.41) is 7.40. The zero-order chi connectivity index (χ0) is 18.8. The summed E-state index contributed by atoms with van der Waals surface area (Å²) in [6.45, 7) is 2.89. The van der Waals surface area contributed by atoms with Crippen LogP contribution in [0.3, 0.4) is 0 Å². The first-order valence-corrected chi connectivity index (χ1v) is 8.86. The third-order valence-electron chi connectivity index (χ3n) is 4.91. The number of benzene rings is 2. The maximum atomic E-state index is 13.8. The van der Waals surface area contributed by atoms with E-state index < -0.39 is 0 Å². The van der Waals surface area contributed by atoms with Crippen molar-refractivity contribution < 1.29 is 9.18 Å². The van der Waals surface area contributed by atoms with Crippen LogP contribution < -0.4 is 5.56 Å². The Morgan fingerprint density at radius 3 is 2.41 bits per heavy atom. The van der Waals surface area contributed by atoms with Gasteiger partial charge in [-0.2, -0.15) is 5.10 Å². The van der Waals surface area contributed by atoms with Crippen LogP contribution in [0, 0.1) is 5.82 Å². The van der Waals surface area contributed by atoms with Crippen LogP contribution in [-0.4, -0.2) is 52.1 Å². The Bertz CT molecular complexity index is 1040. The van der Waals surface area contributed by atoms with E-state index >= 15 is 0 Å². The fourth-order valence-electron chi connectivity index (χ4n) is 3.40. The fraction of sp³-hybridized carbons (Fsp3) is 0.250. The van der Waals surface area contributed by atoms with Crippen LogP contribution >= 0.6 is 0 Å². The highest BCUT2D eigenvalue weighted by molar-refractivity contribution is 6.04. The minimum absolute atomic E-state index is 0.201. The van der Waals surface area contributed by atoms with Gasteiger partial charge in [0.2, 0.25) is 0 Å². The summed E-state index contributed by atoms with van der Waals surface area (Å²) in [5.74, 6) is -0.409. The van der Waals surface area contributed by atoms with Gasteiger partial charge in [0.05, 0.1) is 5.39 Å². The molecule has 6 nitrogen and oxygen atoms in total. The third kappa shape index (κ3) is 3.46. The Balaban J connectivity index is 1.47. The molecule has 1 amide bonds. The summed E-state index contributed by atoms with van der Waals surface area (Å²) >= 11 is 0. The van der Waals surface area contributed by atoms with Crippen molar-refractivity contribution >= 4 is 16.7 Å². The normalized spacial score (nSPS) is 15.2. The van der Waals surface area contributed by atoms with Crippen LogP contribution in [0.1, 0.15) is 16.1 Å². The highest BCUT2D eigenvalue weighted by atomic mass is 19.1. The zero-order valence-corrected chi connectivity index (χ0v) is 14.7. The minimum atomic E-state index is -0.308. The molecule has 1 N–H and O–H groups in total. The number of nitrogens with one attached hydrogen (secondary N) is 1. The van der Waals surface area contributed by atoms with Crippen LogP contribution in [0.2, 0.25) is 0 Å². The number of carbonyl (C=O) groups is 1. The highest BCUT2D eigenvalue weighted by Gasteiger charge is 2.25. The van der Waals surface area contributed by atoms with E-state index in [2.05, 4.69) is 15.1 Å². The topological polar surface area (TPSA) is 69.3 Å². The van der Waals surface area contributed by atoms with Crippen molar-refractivity contribution in [3.8, 4) is 0 Å². The second-order valence-electron chi connectivity index (χ2n) is 6.61. The van der Waals surface area contributed by atoms with Gasteiger partial charge in [-0.15, -0.1) is 0 Å². The molecule has 0 bridgehead atoms. The molecule has 0 atom stereocenters. The lowest BCUT2D eigenvalue weighted by molar-refractivity contribution is 0.0622. The summed E-state index contributed by atoms with van der Waals surface area (Å²) in [6, 6.07) is 13.7. The molecule has 138 valence electrons. The van der Waals surface area contributed by atoms with Crippen molar-refractivity contribution in [3.63, 3.8) is 0 Å². The molecule has 1 aliphatic rings. The number of piperazine rings is 1. The van der Waals surface area contributed by atoms with Gasteiger partial charge in [-0.05, 0) is 12.1 Å². The molecular formula is C20H19FN4O2. The summed E-state index contributed by atoms with van der Waals surface area (Å²) < 4.78 is 13.8. The predicted octanol–water partition coefficient (Wildman–Crippen LogP) is 2.02. The number of carbonyl (C=O) groups excluding carboxylic acids is 1. The first-order chi connectivity index (χ1) is 13.1. The number of nitrogens with zero attached hydrogens (tertiary/aromatic N) is 3. The highest BCUT2D eigenvalue weighted by Crippen LogP contribution is 2.17. The molecule has 1 aromatic heterocycles. The first kappa shape index (κ1) is 17.4. The standard InChI is InChI=1S/C20H19FN4O2/c21-17-8-4-1-5-14(17)13-24-9-11-25(12-10-24)20(27)18-15-6-2-3-7-16(15)19(26)23-22-18/h1-8H,9-13H2,(H,23,26). The van der Waals surface area contributed by atoms with Crippen molar-refractivity contribution in [2.75, 3.05) is 26.2 Å². The average Bonchev–Trinajstić information content (AvgIpc) is 2.70. The lowest BCUT2D eigenvalue weighted by Crippen LogP contribution is -2.48. The monoisotopic (exact) mass is 366 g/mol. The first-order valence-electron chi connectivity index (χ1n) is 8.86. The molecule has 4 rings (SSSR count). The minimum Gasteiger partial charge on any atom is -0.335 e. The van der Waals surface area contributed by atoms with Crippen molar-refractivity contribution in [1.82, 2.24) is 20.0 Å². The summed E-state index contributed by atoms with van der Waals surface area (Å²) in [5.41, 5.74) is 0.607. The molecule has 0 aliphatic carbocycles. The smallest absolute Gasteiger partial charge is 0.275 e. The Morgan fingerprint density at radius 2 is 1.67 bits per heavy atom. The summed E-state index contributed by atoms with van der Waals surface area (Å²) in [6.07, 6.45) is 0. The fourth-order valence-corrected chi connectivity index (χ4v) is 3.40. The molecule has 1 aliphatic heterocycles. The van der Waals surface area contributed by atoms with Gasteiger partial charge < -0.3 is 4.90 Å². The maximum absolute atomic E-state index is 13.8. The van der Waals surface area contributed by atoms with E-state index in [1.54, 1.807) is 41.3 Å². The Morgan fingerprint density at radius 1 is 1.00 bits per heavy atom. The van der Waals surface area contributed by atoms with Crippen molar-refractivity contribution in [2.45, 2.75) is 6.54 Å². The van der Waals surface area contributed by atoms with Gasteiger partial charge >= 0.3 is 0 Å². The van der Waals surface area contributed by atoms with Gasteiger partial charge in [0.25, 0.3) is 11.5 Å². The van der Waals surface area contributed by atoms with E-state index in [0.29, 0.717) is 49.1 Å². The van der Waals surface area contributed by atoms with Gasteiger partial charge in [-0.3, -0.25) is 14.5 Å². The van der Waals surface area contributed by atoms with Crippen molar-refractivity contribution in [2.24, 2.45) is 0 Å².